The number of ether oxygens (including phenoxy) is 2. The molecule has 1 aliphatic rings. The number of nitrogens with one attached hydrogen (secondary N) is 2. The van der Waals surface area contributed by atoms with Crippen LogP contribution in [0.5, 0.6) is 0 Å². The summed E-state index contributed by atoms with van der Waals surface area (Å²) in [6.07, 6.45) is -1.64. The van der Waals surface area contributed by atoms with Crippen LogP contribution in [0.1, 0.15) is 35.1 Å². The SMILES string of the molecule is C[C@H](OCc1ccccc1)[C@@H](NC(=O)OCC1c2ccccc2-c2ccccc21)C(=O)Nc1cccc(CC(=O)O)c1. The van der Waals surface area contributed by atoms with Crippen molar-refractivity contribution in [3.8, 4) is 11.1 Å². The lowest BCUT2D eigenvalue weighted by molar-refractivity contribution is -0.136. The molecule has 2 atom stereocenters. The van der Waals surface area contributed by atoms with Gasteiger partial charge in [-0.3, -0.25) is 9.59 Å². The van der Waals surface area contributed by atoms with Crippen molar-refractivity contribution >= 4 is 23.7 Å². The lowest BCUT2D eigenvalue weighted by Crippen LogP contribution is -2.51. The Labute approximate surface area is 244 Å². The van der Waals surface area contributed by atoms with Crippen LogP contribution in [0, 0.1) is 0 Å². The van der Waals surface area contributed by atoms with Crippen molar-refractivity contribution in [3.63, 3.8) is 0 Å². The number of hydrogen-bond donors (Lipinski definition) is 3. The molecule has 2 amide bonds. The molecule has 0 saturated carbocycles. The molecule has 4 aromatic carbocycles. The van der Waals surface area contributed by atoms with Gasteiger partial charge in [-0.15, -0.1) is 0 Å². The molecule has 0 unspecified atom stereocenters. The van der Waals surface area contributed by atoms with Crippen LogP contribution in [-0.2, 0) is 32.1 Å². The smallest absolute Gasteiger partial charge is 0.407 e. The van der Waals surface area contributed by atoms with Crippen LogP contribution in [0.15, 0.2) is 103 Å². The van der Waals surface area contributed by atoms with Gasteiger partial charge in [-0.1, -0.05) is 91.0 Å². The summed E-state index contributed by atoms with van der Waals surface area (Å²) in [6, 6.07) is 31.1. The van der Waals surface area contributed by atoms with Crippen molar-refractivity contribution in [2.75, 3.05) is 11.9 Å². The van der Waals surface area contributed by atoms with Gasteiger partial charge >= 0.3 is 12.1 Å². The summed E-state index contributed by atoms with van der Waals surface area (Å²) >= 11 is 0. The molecule has 3 N–H and O–H groups in total. The third-order valence-corrected chi connectivity index (χ3v) is 7.27. The lowest BCUT2D eigenvalue weighted by Gasteiger charge is -2.25. The second-order valence-corrected chi connectivity index (χ2v) is 10.2. The second-order valence-electron chi connectivity index (χ2n) is 10.2. The first-order chi connectivity index (χ1) is 20.4. The van der Waals surface area contributed by atoms with Crippen molar-refractivity contribution < 1.29 is 29.0 Å². The monoisotopic (exact) mass is 564 g/mol. The van der Waals surface area contributed by atoms with Gasteiger partial charge in [0.25, 0.3) is 0 Å². The molecule has 42 heavy (non-hydrogen) atoms. The maximum Gasteiger partial charge on any atom is 0.407 e. The highest BCUT2D eigenvalue weighted by atomic mass is 16.5. The average Bonchev–Trinajstić information content (AvgIpc) is 3.31. The standard InChI is InChI=1S/C34H32N2O6/c1-22(41-20-23-10-3-2-4-11-23)32(33(39)35-25-13-9-12-24(18-25)19-31(37)38)36-34(40)42-21-30-28-16-7-5-14-26(28)27-15-6-8-17-29(27)30/h2-18,22,30,32H,19-21H2,1H3,(H,35,39)(H,36,40)(H,37,38)/t22-,32+/m0/s1. The van der Waals surface area contributed by atoms with Crippen LogP contribution < -0.4 is 10.6 Å². The highest BCUT2D eigenvalue weighted by Gasteiger charge is 2.31. The number of anilines is 1. The van der Waals surface area contributed by atoms with E-state index in [-0.39, 0.29) is 25.6 Å². The first kappa shape index (κ1) is 28.6. The number of alkyl carbamates (subject to hydrolysis) is 1. The van der Waals surface area contributed by atoms with Crippen LogP contribution in [-0.4, -0.2) is 41.8 Å². The molecule has 214 valence electrons. The number of carboxylic acid groups (broad SMARTS) is 1. The fourth-order valence-corrected chi connectivity index (χ4v) is 5.21. The molecule has 0 aliphatic heterocycles. The number of amides is 2. The number of fused-ring (bicyclic) bond motifs is 3. The number of hydrogen-bond acceptors (Lipinski definition) is 5. The van der Waals surface area contributed by atoms with E-state index in [1.54, 1.807) is 31.2 Å². The molecule has 0 heterocycles. The summed E-state index contributed by atoms with van der Waals surface area (Å²) in [4.78, 5) is 37.7. The highest BCUT2D eigenvalue weighted by molar-refractivity contribution is 5.97. The van der Waals surface area contributed by atoms with Crippen LogP contribution in [0.25, 0.3) is 11.1 Å². The van der Waals surface area contributed by atoms with E-state index in [1.807, 2.05) is 66.7 Å². The van der Waals surface area contributed by atoms with Gasteiger partial charge in [0.05, 0.1) is 19.1 Å². The van der Waals surface area contributed by atoms with Crippen molar-refractivity contribution in [1.29, 1.82) is 0 Å². The molecule has 5 rings (SSSR count). The Kier molecular flexibility index (Phi) is 8.94. The number of carboxylic acids is 1. The number of rotatable bonds is 11. The quantitative estimate of drug-likeness (QED) is 0.213. The third kappa shape index (κ3) is 6.85. The molecular weight excluding hydrogens is 532 g/mol. The summed E-state index contributed by atoms with van der Waals surface area (Å²) in [5.74, 6) is -1.62. The number of benzene rings is 4. The van der Waals surface area contributed by atoms with E-state index in [9.17, 15) is 14.4 Å². The molecule has 0 fully saturated rings. The highest BCUT2D eigenvalue weighted by Crippen LogP contribution is 2.44. The molecule has 8 heteroatoms. The minimum atomic E-state index is -1.09. The van der Waals surface area contributed by atoms with Crippen molar-refractivity contribution in [2.45, 2.75) is 38.0 Å². The first-order valence-electron chi connectivity index (χ1n) is 13.8. The summed E-state index contributed by atoms with van der Waals surface area (Å²) < 4.78 is 11.7. The number of carbonyl (C=O) groups is 3. The largest absolute Gasteiger partial charge is 0.481 e. The van der Waals surface area contributed by atoms with Crippen molar-refractivity contribution in [2.24, 2.45) is 0 Å². The van der Waals surface area contributed by atoms with Crippen LogP contribution in [0.2, 0.25) is 0 Å². The van der Waals surface area contributed by atoms with E-state index < -0.39 is 30.1 Å². The van der Waals surface area contributed by atoms with Gasteiger partial charge < -0.3 is 25.2 Å². The summed E-state index contributed by atoms with van der Waals surface area (Å²) in [7, 11) is 0. The van der Waals surface area contributed by atoms with E-state index >= 15 is 0 Å². The zero-order valence-electron chi connectivity index (χ0n) is 23.2. The second kappa shape index (κ2) is 13.1. The van der Waals surface area contributed by atoms with Gasteiger partial charge in [0.2, 0.25) is 5.91 Å². The zero-order chi connectivity index (χ0) is 29.5. The Morgan fingerprint density at radius 3 is 2.10 bits per heavy atom. The number of carbonyl (C=O) groups excluding carboxylic acids is 2. The Morgan fingerprint density at radius 2 is 1.43 bits per heavy atom. The molecule has 0 bridgehead atoms. The van der Waals surface area contributed by atoms with Gasteiger partial charge in [0.15, 0.2) is 0 Å². The van der Waals surface area contributed by atoms with E-state index in [0.29, 0.717) is 11.3 Å². The molecule has 0 spiro atoms. The average molecular weight is 565 g/mol. The van der Waals surface area contributed by atoms with E-state index in [2.05, 4.69) is 22.8 Å². The van der Waals surface area contributed by atoms with E-state index in [4.69, 9.17) is 14.6 Å². The van der Waals surface area contributed by atoms with E-state index in [0.717, 1.165) is 27.8 Å². The molecule has 4 aromatic rings. The van der Waals surface area contributed by atoms with Crippen molar-refractivity contribution in [1.82, 2.24) is 5.32 Å². The Hall–Kier alpha value is -4.95. The normalized spacial score (nSPS) is 13.4. The molecule has 0 saturated heterocycles. The molecule has 0 aromatic heterocycles. The minimum absolute atomic E-state index is 0.102. The predicted octanol–water partition coefficient (Wildman–Crippen LogP) is 5.76. The van der Waals surface area contributed by atoms with Gasteiger partial charge in [-0.2, -0.15) is 0 Å². The lowest BCUT2D eigenvalue weighted by atomic mass is 9.98. The van der Waals surface area contributed by atoms with Gasteiger partial charge in [0.1, 0.15) is 12.6 Å². The fraction of sp³-hybridized carbons (Fsp3) is 0.206. The topological polar surface area (TPSA) is 114 Å². The summed E-state index contributed by atoms with van der Waals surface area (Å²) in [6.45, 7) is 2.05. The maximum atomic E-state index is 13.4. The van der Waals surface area contributed by atoms with Gasteiger partial charge in [-0.25, -0.2) is 4.79 Å². The van der Waals surface area contributed by atoms with Crippen molar-refractivity contribution in [3.05, 3.63) is 125 Å². The van der Waals surface area contributed by atoms with Crippen LogP contribution >= 0.6 is 0 Å². The predicted molar refractivity (Wildman–Crippen MR) is 159 cm³/mol. The summed E-state index contributed by atoms with van der Waals surface area (Å²) in [5, 5.41) is 14.6. The Morgan fingerprint density at radius 1 is 0.810 bits per heavy atom. The minimum Gasteiger partial charge on any atom is -0.481 e. The maximum absolute atomic E-state index is 13.4. The molecule has 0 radical (unpaired) electrons. The number of aliphatic carboxylic acids is 1. The molecular formula is C34H32N2O6. The first-order valence-corrected chi connectivity index (χ1v) is 13.8. The fourth-order valence-electron chi connectivity index (χ4n) is 5.21. The zero-order valence-corrected chi connectivity index (χ0v) is 23.2. The van der Waals surface area contributed by atoms with Gasteiger partial charge in [0, 0.05) is 11.6 Å². The van der Waals surface area contributed by atoms with Crippen LogP contribution in [0.3, 0.4) is 0 Å². The third-order valence-electron chi connectivity index (χ3n) is 7.27. The Balaban J connectivity index is 1.29. The molecule has 8 nitrogen and oxygen atoms in total. The van der Waals surface area contributed by atoms with Crippen LogP contribution in [0.4, 0.5) is 10.5 Å². The summed E-state index contributed by atoms with van der Waals surface area (Å²) in [5.41, 5.74) is 6.28. The molecule has 1 aliphatic carbocycles. The van der Waals surface area contributed by atoms with Gasteiger partial charge in [-0.05, 0) is 52.4 Å². The van der Waals surface area contributed by atoms with E-state index in [1.165, 1.54) is 0 Å². The Bertz CT molecular complexity index is 1530.